The highest BCUT2D eigenvalue weighted by atomic mass is 19.1. The van der Waals surface area contributed by atoms with Crippen LogP contribution in [0.25, 0.3) is 0 Å². The van der Waals surface area contributed by atoms with Crippen LogP contribution in [0.2, 0.25) is 0 Å². The number of aliphatic hydroxyl groups is 1. The molecule has 2 N–H and O–H groups in total. The molecule has 1 aliphatic rings. The minimum Gasteiger partial charge on any atom is -0.378 e. The Bertz CT molecular complexity index is 886. The monoisotopic (exact) mass is 369 g/mol. The van der Waals surface area contributed by atoms with E-state index in [1.165, 1.54) is 23.3 Å². The number of hydrogen-bond acceptors (Lipinski definition) is 2. The highest BCUT2D eigenvalue weighted by Gasteiger charge is 2.37. The molecule has 144 valence electrons. The zero-order chi connectivity index (χ0) is 20.0. The maximum absolute atomic E-state index is 14.0. The second-order valence-electron chi connectivity index (χ2n) is 8.95. The average Bonchev–Trinajstić information content (AvgIpc) is 2.60. The molecule has 0 aromatic heterocycles. The zero-order valence-corrected chi connectivity index (χ0v) is 16.7. The highest BCUT2D eigenvalue weighted by molar-refractivity contribution is 5.94. The molecule has 0 heterocycles. The van der Waals surface area contributed by atoms with Gasteiger partial charge in [0.15, 0.2) is 6.10 Å². The summed E-state index contributed by atoms with van der Waals surface area (Å²) in [5.74, 6) is -1.14. The number of aryl methyl sites for hydroxylation is 1. The molecule has 3 rings (SSSR count). The number of benzene rings is 2. The van der Waals surface area contributed by atoms with Crippen molar-refractivity contribution in [2.75, 3.05) is 5.32 Å². The van der Waals surface area contributed by atoms with E-state index in [0.717, 1.165) is 18.4 Å². The Morgan fingerprint density at radius 3 is 2.30 bits per heavy atom. The molecule has 0 spiro atoms. The summed E-state index contributed by atoms with van der Waals surface area (Å²) in [5.41, 5.74) is 3.87. The van der Waals surface area contributed by atoms with E-state index in [1.807, 2.05) is 12.1 Å². The maximum atomic E-state index is 14.0. The largest absolute Gasteiger partial charge is 0.378 e. The third kappa shape index (κ3) is 3.77. The number of halogens is 1. The van der Waals surface area contributed by atoms with Crippen LogP contribution in [0.5, 0.6) is 0 Å². The van der Waals surface area contributed by atoms with Gasteiger partial charge in [-0.3, -0.25) is 4.79 Å². The van der Waals surface area contributed by atoms with Gasteiger partial charge in [-0.15, -0.1) is 0 Å². The van der Waals surface area contributed by atoms with Gasteiger partial charge in [0.1, 0.15) is 5.82 Å². The lowest BCUT2D eigenvalue weighted by atomic mass is 9.63. The molecule has 0 radical (unpaired) electrons. The van der Waals surface area contributed by atoms with E-state index in [4.69, 9.17) is 0 Å². The molecule has 4 heteroatoms. The van der Waals surface area contributed by atoms with Crippen molar-refractivity contribution in [2.24, 2.45) is 0 Å². The van der Waals surface area contributed by atoms with Crippen molar-refractivity contribution in [1.29, 1.82) is 0 Å². The van der Waals surface area contributed by atoms with Crippen LogP contribution in [0.3, 0.4) is 0 Å². The zero-order valence-electron chi connectivity index (χ0n) is 16.7. The number of hydrogen-bond donors (Lipinski definition) is 2. The number of anilines is 1. The number of amides is 1. The molecule has 2 aromatic carbocycles. The molecule has 0 saturated carbocycles. The lowest BCUT2D eigenvalue weighted by Gasteiger charge is -2.42. The Balaban J connectivity index is 1.89. The van der Waals surface area contributed by atoms with Gasteiger partial charge >= 0.3 is 0 Å². The van der Waals surface area contributed by atoms with Crippen molar-refractivity contribution in [3.05, 3.63) is 64.5 Å². The van der Waals surface area contributed by atoms with Gasteiger partial charge in [-0.25, -0.2) is 4.39 Å². The quantitative estimate of drug-likeness (QED) is 0.785. The van der Waals surface area contributed by atoms with E-state index in [-0.39, 0.29) is 16.5 Å². The average molecular weight is 369 g/mol. The van der Waals surface area contributed by atoms with Crippen molar-refractivity contribution in [1.82, 2.24) is 0 Å². The summed E-state index contributed by atoms with van der Waals surface area (Å²) in [6, 6.07) is 10.3. The molecule has 2 aromatic rings. The maximum Gasteiger partial charge on any atom is 0.257 e. The van der Waals surface area contributed by atoms with Crippen LogP contribution in [-0.2, 0) is 15.6 Å². The van der Waals surface area contributed by atoms with Gasteiger partial charge in [0.05, 0.1) is 5.69 Å². The molecular formula is C23H28FNO2. The lowest BCUT2D eigenvalue weighted by molar-refractivity contribution is -0.124. The van der Waals surface area contributed by atoms with Gasteiger partial charge in [-0.1, -0.05) is 52.0 Å². The minimum absolute atomic E-state index is 0.0138. The first-order valence-electron chi connectivity index (χ1n) is 9.41. The Labute approximate surface area is 160 Å². The Morgan fingerprint density at radius 2 is 1.67 bits per heavy atom. The normalized spacial score (nSPS) is 18.5. The SMILES string of the molecule is Cc1ccc(NC(=O)[C@@H](O)c2ccc3c(c2)C(C)(C)CCC3(C)C)c(F)c1. The molecule has 0 saturated heterocycles. The van der Waals surface area contributed by atoms with E-state index >= 15 is 0 Å². The second-order valence-corrected chi connectivity index (χ2v) is 8.95. The van der Waals surface area contributed by atoms with Crippen LogP contribution in [0.4, 0.5) is 10.1 Å². The summed E-state index contributed by atoms with van der Waals surface area (Å²) in [5, 5.41) is 13.1. The predicted molar refractivity (Wildman–Crippen MR) is 106 cm³/mol. The van der Waals surface area contributed by atoms with Crippen LogP contribution >= 0.6 is 0 Å². The summed E-state index contributed by atoms with van der Waals surface area (Å²) < 4.78 is 14.0. The summed E-state index contributed by atoms with van der Waals surface area (Å²) in [4.78, 5) is 12.5. The Kier molecular flexibility index (Phi) is 4.89. The molecule has 0 aliphatic heterocycles. The first kappa shape index (κ1) is 19.6. The molecule has 0 fully saturated rings. The van der Waals surface area contributed by atoms with E-state index < -0.39 is 17.8 Å². The standard InChI is InChI=1S/C23H28FNO2/c1-14-6-9-19(18(24)12-14)25-21(27)20(26)15-7-8-16-17(13-15)23(4,5)11-10-22(16,2)3/h6-9,12-13,20,26H,10-11H2,1-5H3,(H,25,27)/t20-/m0/s1. The molecule has 27 heavy (non-hydrogen) atoms. The Hall–Kier alpha value is -2.20. The van der Waals surface area contributed by atoms with E-state index in [0.29, 0.717) is 5.56 Å². The van der Waals surface area contributed by atoms with E-state index in [1.54, 1.807) is 19.1 Å². The summed E-state index contributed by atoms with van der Waals surface area (Å²) in [6.45, 7) is 10.6. The number of rotatable bonds is 3. The second kappa shape index (κ2) is 6.75. The Morgan fingerprint density at radius 1 is 1.04 bits per heavy atom. The van der Waals surface area contributed by atoms with Gasteiger partial charge < -0.3 is 10.4 Å². The van der Waals surface area contributed by atoms with Crippen molar-refractivity contribution < 1.29 is 14.3 Å². The molecule has 0 bridgehead atoms. The van der Waals surface area contributed by atoms with Crippen molar-refractivity contribution in [3.8, 4) is 0 Å². The minimum atomic E-state index is -1.35. The van der Waals surface area contributed by atoms with Gasteiger partial charge in [-0.05, 0) is 65.0 Å². The number of aliphatic hydroxyl groups excluding tert-OH is 1. The fourth-order valence-electron chi connectivity index (χ4n) is 3.85. The number of carbonyl (C=O) groups is 1. The fourth-order valence-corrected chi connectivity index (χ4v) is 3.85. The highest BCUT2D eigenvalue weighted by Crippen LogP contribution is 2.46. The van der Waals surface area contributed by atoms with Crippen LogP contribution in [0.15, 0.2) is 36.4 Å². The molecular weight excluding hydrogens is 341 g/mol. The van der Waals surface area contributed by atoms with Crippen molar-refractivity contribution in [2.45, 2.75) is 64.4 Å². The van der Waals surface area contributed by atoms with E-state index in [9.17, 15) is 14.3 Å². The summed E-state index contributed by atoms with van der Waals surface area (Å²) in [7, 11) is 0. The van der Waals surface area contributed by atoms with Crippen LogP contribution < -0.4 is 5.32 Å². The van der Waals surface area contributed by atoms with Gasteiger partial charge in [0, 0.05) is 0 Å². The topological polar surface area (TPSA) is 49.3 Å². The molecule has 0 unspecified atom stereocenters. The predicted octanol–water partition coefficient (Wildman–Crippen LogP) is 5.16. The fraction of sp³-hybridized carbons (Fsp3) is 0.435. The van der Waals surface area contributed by atoms with Crippen LogP contribution in [-0.4, -0.2) is 11.0 Å². The van der Waals surface area contributed by atoms with Crippen molar-refractivity contribution in [3.63, 3.8) is 0 Å². The molecule has 3 nitrogen and oxygen atoms in total. The third-order valence-electron chi connectivity index (χ3n) is 5.82. The van der Waals surface area contributed by atoms with E-state index in [2.05, 4.69) is 33.0 Å². The van der Waals surface area contributed by atoms with Gasteiger partial charge in [-0.2, -0.15) is 0 Å². The van der Waals surface area contributed by atoms with Crippen molar-refractivity contribution >= 4 is 11.6 Å². The van der Waals surface area contributed by atoms with Crippen LogP contribution in [0, 0.1) is 12.7 Å². The smallest absolute Gasteiger partial charge is 0.257 e. The summed E-state index contributed by atoms with van der Waals surface area (Å²) >= 11 is 0. The third-order valence-corrected chi connectivity index (χ3v) is 5.82. The first-order valence-corrected chi connectivity index (χ1v) is 9.41. The first-order chi connectivity index (χ1) is 12.5. The molecule has 1 amide bonds. The molecule has 1 aliphatic carbocycles. The number of nitrogens with one attached hydrogen (secondary N) is 1. The lowest BCUT2D eigenvalue weighted by Crippen LogP contribution is -2.34. The number of carbonyl (C=O) groups excluding carboxylic acids is 1. The molecule has 1 atom stereocenters. The number of fused-ring (bicyclic) bond motifs is 1. The van der Waals surface area contributed by atoms with Gasteiger partial charge in [0.2, 0.25) is 0 Å². The summed E-state index contributed by atoms with van der Waals surface area (Å²) in [6.07, 6.45) is 0.798. The van der Waals surface area contributed by atoms with Gasteiger partial charge in [0.25, 0.3) is 5.91 Å². The van der Waals surface area contributed by atoms with Crippen LogP contribution in [0.1, 0.15) is 68.9 Å².